The predicted octanol–water partition coefficient (Wildman–Crippen LogP) is 2.29. The molecule has 3 unspecified atom stereocenters. The van der Waals surface area contributed by atoms with Crippen LogP contribution in [0.4, 0.5) is 0 Å². The Morgan fingerprint density at radius 2 is 2.10 bits per heavy atom. The Morgan fingerprint density at radius 3 is 2.90 bits per heavy atom. The number of aromatic hydroxyl groups is 1. The van der Waals surface area contributed by atoms with E-state index >= 15 is 0 Å². The van der Waals surface area contributed by atoms with Crippen molar-refractivity contribution in [3.63, 3.8) is 0 Å². The molecule has 2 saturated heterocycles. The van der Waals surface area contributed by atoms with Gasteiger partial charge in [-0.1, -0.05) is 0 Å². The summed E-state index contributed by atoms with van der Waals surface area (Å²) in [6.45, 7) is 4.33. The third-order valence-electron chi connectivity index (χ3n) is 4.79. The minimum Gasteiger partial charge on any atom is -0.508 e. The van der Waals surface area contributed by atoms with Crippen LogP contribution in [0.3, 0.4) is 0 Å². The van der Waals surface area contributed by atoms with E-state index in [-0.39, 0.29) is 6.04 Å². The number of benzene rings is 1. The Hall–Kier alpha value is -1.26. The van der Waals surface area contributed by atoms with Crippen molar-refractivity contribution < 1.29 is 9.84 Å². The number of rotatable bonds is 3. The number of fused-ring (bicyclic) bond motifs is 2. The van der Waals surface area contributed by atoms with Gasteiger partial charge < -0.3 is 15.2 Å². The van der Waals surface area contributed by atoms with E-state index in [0.29, 0.717) is 17.8 Å². The Morgan fingerprint density at radius 1 is 1.30 bits per heavy atom. The molecule has 3 rings (SSSR count). The summed E-state index contributed by atoms with van der Waals surface area (Å²) in [4.78, 5) is 2.48. The molecule has 0 spiro atoms. The lowest BCUT2D eigenvalue weighted by atomic mass is 10.0. The van der Waals surface area contributed by atoms with Crippen molar-refractivity contribution in [1.82, 2.24) is 10.2 Å². The number of methoxy groups -OCH3 is 1. The summed E-state index contributed by atoms with van der Waals surface area (Å²) in [5, 5.41) is 13.8. The molecule has 110 valence electrons. The molecule has 1 aromatic carbocycles. The maximum atomic E-state index is 10.1. The lowest BCUT2D eigenvalue weighted by Gasteiger charge is -2.31. The summed E-state index contributed by atoms with van der Waals surface area (Å²) >= 11 is 0. The summed E-state index contributed by atoms with van der Waals surface area (Å²) in [5.74, 6) is 1.17. The number of phenols is 1. The number of nitrogens with zero attached hydrogens (tertiary/aromatic N) is 1. The van der Waals surface area contributed by atoms with Gasteiger partial charge in [0.1, 0.15) is 11.5 Å². The van der Waals surface area contributed by atoms with E-state index < -0.39 is 0 Å². The quantitative estimate of drug-likeness (QED) is 0.889. The molecule has 1 aromatic rings. The van der Waals surface area contributed by atoms with Gasteiger partial charge in [0.2, 0.25) is 0 Å². The van der Waals surface area contributed by atoms with Gasteiger partial charge >= 0.3 is 0 Å². The Kier molecular flexibility index (Phi) is 3.85. The zero-order valence-corrected chi connectivity index (χ0v) is 12.3. The van der Waals surface area contributed by atoms with Crippen molar-refractivity contribution in [3.05, 3.63) is 23.8 Å². The molecule has 2 aliphatic rings. The lowest BCUT2D eigenvalue weighted by molar-refractivity contribution is 0.196. The van der Waals surface area contributed by atoms with Gasteiger partial charge in [-0.25, -0.2) is 0 Å². The molecule has 2 bridgehead atoms. The number of likely N-dealkylation sites (tertiary alicyclic amines) is 1. The number of nitrogens with one attached hydrogen (secondary N) is 1. The fraction of sp³-hybridized carbons (Fsp3) is 0.625. The van der Waals surface area contributed by atoms with E-state index in [9.17, 15) is 5.11 Å². The van der Waals surface area contributed by atoms with Gasteiger partial charge in [-0.2, -0.15) is 0 Å². The van der Waals surface area contributed by atoms with Gasteiger partial charge in [0.15, 0.2) is 0 Å². The van der Waals surface area contributed by atoms with Gasteiger partial charge in [0.05, 0.1) is 7.11 Å². The number of hydrogen-bond donors (Lipinski definition) is 2. The predicted molar refractivity (Wildman–Crippen MR) is 79.2 cm³/mol. The molecular formula is C16H24N2O2. The third-order valence-corrected chi connectivity index (χ3v) is 4.79. The molecule has 0 amide bonds. The van der Waals surface area contributed by atoms with Crippen molar-refractivity contribution in [2.24, 2.45) is 0 Å². The SMILES string of the molecule is COc1ccc(O)c(C(C)N2CCC3CCC(C2)N3)c1. The lowest BCUT2D eigenvalue weighted by Crippen LogP contribution is -2.36. The van der Waals surface area contributed by atoms with E-state index in [4.69, 9.17) is 4.74 Å². The number of phenolic OH excluding ortho intramolecular Hbond substituents is 1. The maximum absolute atomic E-state index is 10.1. The highest BCUT2D eigenvalue weighted by atomic mass is 16.5. The highest BCUT2D eigenvalue weighted by Gasteiger charge is 2.31. The molecule has 4 heteroatoms. The van der Waals surface area contributed by atoms with E-state index in [1.165, 1.54) is 19.3 Å². The zero-order valence-electron chi connectivity index (χ0n) is 12.3. The smallest absolute Gasteiger partial charge is 0.120 e. The highest BCUT2D eigenvalue weighted by molar-refractivity contribution is 5.41. The minimum atomic E-state index is 0.214. The number of hydrogen-bond acceptors (Lipinski definition) is 4. The van der Waals surface area contributed by atoms with E-state index in [2.05, 4.69) is 17.1 Å². The average molecular weight is 276 g/mol. The second-order valence-corrected chi connectivity index (χ2v) is 6.02. The molecule has 2 fully saturated rings. The van der Waals surface area contributed by atoms with E-state index in [1.54, 1.807) is 19.2 Å². The molecule has 20 heavy (non-hydrogen) atoms. The largest absolute Gasteiger partial charge is 0.508 e. The highest BCUT2D eigenvalue weighted by Crippen LogP contribution is 2.33. The van der Waals surface area contributed by atoms with Crippen molar-refractivity contribution >= 4 is 0 Å². The Labute approximate surface area is 120 Å². The second kappa shape index (κ2) is 5.62. The first-order chi connectivity index (χ1) is 9.67. The van der Waals surface area contributed by atoms with Crippen LogP contribution in [0.2, 0.25) is 0 Å². The van der Waals surface area contributed by atoms with Crippen molar-refractivity contribution in [2.75, 3.05) is 20.2 Å². The normalized spacial score (nSPS) is 28.1. The molecule has 3 atom stereocenters. The van der Waals surface area contributed by atoms with E-state index in [1.807, 2.05) is 6.07 Å². The maximum Gasteiger partial charge on any atom is 0.120 e. The van der Waals surface area contributed by atoms with Gasteiger partial charge in [0.25, 0.3) is 0 Å². The van der Waals surface area contributed by atoms with Crippen LogP contribution in [0.5, 0.6) is 11.5 Å². The Bertz CT molecular complexity index is 478. The summed E-state index contributed by atoms with van der Waals surface area (Å²) in [5.41, 5.74) is 0.960. The summed E-state index contributed by atoms with van der Waals surface area (Å²) in [6, 6.07) is 7.00. The first-order valence-electron chi connectivity index (χ1n) is 7.54. The van der Waals surface area contributed by atoms with Gasteiger partial charge in [0, 0.05) is 36.8 Å². The molecule has 2 heterocycles. The molecule has 0 radical (unpaired) electrons. The Balaban J connectivity index is 1.79. The average Bonchev–Trinajstić information content (AvgIpc) is 2.78. The first kappa shape index (κ1) is 13.7. The zero-order chi connectivity index (χ0) is 14.1. The van der Waals surface area contributed by atoms with E-state index in [0.717, 1.165) is 24.4 Å². The topological polar surface area (TPSA) is 44.7 Å². The van der Waals surface area contributed by atoms with Gasteiger partial charge in [-0.3, -0.25) is 4.90 Å². The molecule has 0 aromatic heterocycles. The van der Waals surface area contributed by atoms with Crippen molar-refractivity contribution in [3.8, 4) is 11.5 Å². The number of ether oxygens (including phenoxy) is 1. The summed E-state index contributed by atoms with van der Waals surface area (Å²) < 4.78 is 5.28. The minimum absolute atomic E-state index is 0.214. The first-order valence-corrected chi connectivity index (χ1v) is 7.54. The molecular weight excluding hydrogens is 252 g/mol. The van der Waals surface area contributed by atoms with Gasteiger partial charge in [-0.15, -0.1) is 0 Å². The second-order valence-electron chi connectivity index (χ2n) is 6.02. The van der Waals surface area contributed by atoms with Crippen LogP contribution in [0.1, 0.15) is 37.8 Å². The van der Waals surface area contributed by atoms with Crippen LogP contribution < -0.4 is 10.1 Å². The third kappa shape index (κ3) is 2.63. The molecule has 2 N–H and O–H groups in total. The van der Waals surface area contributed by atoms with Crippen LogP contribution in [0.15, 0.2) is 18.2 Å². The van der Waals surface area contributed by atoms with Gasteiger partial charge in [-0.05, 0) is 44.4 Å². The summed E-state index contributed by atoms with van der Waals surface area (Å²) in [6.07, 6.45) is 3.79. The summed E-state index contributed by atoms with van der Waals surface area (Å²) in [7, 11) is 1.66. The molecule has 4 nitrogen and oxygen atoms in total. The van der Waals surface area contributed by atoms with Crippen LogP contribution >= 0.6 is 0 Å². The monoisotopic (exact) mass is 276 g/mol. The van der Waals surface area contributed by atoms with Crippen LogP contribution in [-0.4, -0.2) is 42.3 Å². The molecule has 2 aliphatic heterocycles. The van der Waals surface area contributed by atoms with Crippen molar-refractivity contribution in [2.45, 2.75) is 44.3 Å². The van der Waals surface area contributed by atoms with Crippen LogP contribution in [0.25, 0.3) is 0 Å². The molecule has 0 saturated carbocycles. The fourth-order valence-electron chi connectivity index (χ4n) is 3.51. The fourth-order valence-corrected chi connectivity index (χ4v) is 3.51. The van der Waals surface area contributed by atoms with Crippen molar-refractivity contribution in [1.29, 1.82) is 0 Å². The van der Waals surface area contributed by atoms with Crippen LogP contribution in [-0.2, 0) is 0 Å². The van der Waals surface area contributed by atoms with Crippen LogP contribution in [0, 0.1) is 0 Å². The molecule has 0 aliphatic carbocycles. The standard InChI is InChI=1S/C16H24N2O2/c1-11(15-9-14(20-2)5-6-16(15)19)18-8-7-12-3-4-13(10-18)17-12/h5-6,9,11-13,17,19H,3-4,7-8,10H2,1-2H3.